The molecule has 3 rings (SSSR count). The number of aliphatic hydroxyl groups excluding tert-OH is 1. The summed E-state index contributed by atoms with van der Waals surface area (Å²) in [6.07, 6.45) is -19.9. The lowest BCUT2D eigenvalue weighted by Crippen LogP contribution is -2.68. The second kappa shape index (κ2) is 21.3. The number of carbonyl (C=O) groups is 6. The number of halogens is 3. The number of rotatable bonds is 14. The Morgan fingerprint density at radius 2 is 0.736 bits per heavy atom. The van der Waals surface area contributed by atoms with Crippen molar-refractivity contribution in [2.45, 2.75) is 134 Å². The summed E-state index contributed by atoms with van der Waals surface area (Å²) >= 11 is 5.93. The fourth-order valence-corrected chi connectivity index (χ4v) is 8.15. The Hall–Kier alpha value is -1.27. The van der Waals surface area contributed by atoms with Crippen LogP contribution in [-0.2, 0) is 85.6 Å². The van der Waals surface area contributed by atoms with Crippen molar-refractivity contribution in [3.05, 3.63) is 0 Å². The van der Waals surface area contributed by atoms with Gasteiger partial charge in [0, 0.05) is 61.9 Å². The molecular formula is C31H43I3O19. The third kappa shape index (κ3) is 12.4. The van der Waals surface area contributed by atoms with E-state index in [1.54, 1.807) is 0 Å². The molecule has 53 heavy (non-hydrogen) atoms. The van der Waals surface area contributed by atoms with Gasteiger partial charge in [0.05, 0.1) is 18.3 Å². The van der Waals surface area contributed by atoms with Gasteiger partial charge in [0.1, 0.15) is 18.3 Å². The minimum Gasteiger partial charge on any atom is -0.455 e. The highest BCUT2D eigenvalue weighted by molar-refractivity contribution is 14.1. The summed E-state index contributed by atoms with van der Waals surface area (Å²) in [6.45, 7) is 6.70. The largest absolute Gasteiger partial charge is 0.455 e. The Balaban J connectivity index is 2.11. The van der Waals surface area contributed by atoms with Gasteiger partial charge in [-0.3, -0.25) is 28.8 Å². The maximum atomic E-state index is 12.6. The van der Waals surface area contributed by atoms with E-state index >= 15 is 0 Å². The lowest BCUT2D eigenvalue weighted by Gasteiger charge is -2.50. The van der Waals surface area contributed by atoms with Gasteiger partial charge in [0.2, 0.25) is 0 Å². The van der Waals surface area contributed by atoms with Crippen LogP contribution in [0.2, 0.25) is 0 Å². The van der Waals surface area contributed by atoms with E-state index < -0.39 is 128 Å². The standard InChI is InChI=1S/C31H43I3O19/c1-11(35)43-23-20(41)17(8-32)49-30(26(23)46-14(4)38)52-22-19(10-34)51-31(28(48-16(6)40)25(22)45-13(3)37)53-21-18(9-33)50-29(42-7)27(47-15(5)39)24(21)44-12(2)36/h17-31,41H,8-10H2,1-7H3/t17-,18-,19-,20-,21-,22-,23+,24+,25+,26-,27-,28-,29-,30+,31+/m1/s1. The molecule has 0 spiro atoms. The topological polar surface area (TPSA) is 233 Å². The van der Waals surface area contributed by atoms with Crippen LogP contribution < -0.4 is 0 Å². The number of aliphatic hydroxyl groups is 1. The summed E-state index contributed by atoms with van der Waals surface area (Å²) in [7, 11) is 1.31. The van der Waals surface area contributed by atoms with E-state index in [-0.39, 0.29) is 13.3 Å². The van der Waals surface area contributed by atoms with Crippen LogP contribution >= 0.6 is 67.8 Å². The molecule has 0 saturated carbocycles. The van der Waals surface area contributed by atoms with E-state index in [9.17, 15) is 33.9 Å². The van der Waals surface area contributed by atoms with Gasteiger partial charge < -0.3 is 61.9 Å². The lowest BCUT2D eigenvalue weighted by atomic mass is 9.96. The number of carbonyl (C=O) groups excluding carboxylic acids is 6. The molecule has 0 aromatic rings. The van der Waals surface area contributed by atoms with Gasteiger partial charge in [-0.05, 0) is 0 Å². The summed E-state index contributed by atoms with van der Waals surface area (Å²) in [4.78, 5) is 74.0. The van der Waals surface area contributed by atoms with Crippen molar-refractivity contribution in [2.75, 3.05) is 20.4 Å². The summed E-state index contributed by atoms with van der Waals surface area (Å²) in [5, 5.41) is 11.0. The second-order valence-corrected chi connectivity index (χ2v) is 14.6. The van der Waals surface area contributed by atoms with E-state index in [0.29, 0.717) is 0 Å². The number of methoxy groups -OCH3 is 1. The highest BCUT2D eigenvalue weighted by atomic mass is 127. The van der Waals surface area contributed by atoms with Crippen molar-refractivity contribution in [2.24, 2.45) is 0 Å². The SMILES string of the molecule is CO[C@@H]1O[C@H](CI)[C@@H](O[C@@H]2O[C@H](CI)[C@@H](O[C@@H]3O[C@H](CI)[C@@H](O)[C@H](OC(C)=O)[C@H]3OC(C)=O)[C@H](OC(C)=O)[C@H]2OC(C)=O)[C@H](OC(C)=O)[C@H]1OC(C)=O. The molecule has 22 heteroatoms. The molecule has 0 aromatic heterocycles. The lowest BCUT2D eigenvalue weighted by molar-refractivity contribution is -0.371. The average molecular weight is 1100 g/mol. The van der Waals surface area contributed by atoms with Crippen LogP contribution in [0.15, 0.2) is 0 Å². The normalized spacial score (nSPS) is 37.1. The fourth-order valence-electron chi connectivity index (χ4n) is 6.00. The van der Waals surface area contributed by atoms with E-state index in [0.717, 1.165) is 41.5 Å². The molecule has 15 atom stereocenters. The molecule has 0 amide bonds. The second-order valence-electron chi connectivity index (χ2n) is 12.0. The van der Waals surface area contributed by atoms with Crippen molar-refractivity contribution in [3.8, 4) is 0 Å². The van der Waals surface area contributed by atoms with Gasteiger partial charge in [-0.2, -0.15) is 0 Å². The Bertz CT molecular complexity index is 1300. The Morgan fingerprint density at radius 3 is 1.08 bits per heavy atom. The van der Waals surface area contributed by atoms with Crippen molar-refractivity contribution < 1.29 is 90.7 Å². The Kier molecular flexibility index (Phi) is 18.5. The minimum atomic E-state index is -1.58. The van der Waals surface area contributed by atoms with Crippen molar-refractivity contribution in [1.29, 1.82) is 0 Å². The molecule has 3 aliphatic rings. The van der Waals surface area contributed by atoms with Crippen molar-refractivity contribution >= 4 is 104 Å². The zero-order valence-corrected chi connectivity index (χ0v) is 36.2. The molecule has 302 valence electrons. The van der Waals surface area contributed by atoms with Crippen LogP contribution in [0.25, 0.3) is 0 Å². The third-order valence-electron chi connectivity index (χ3n) is 7.88. The van der Waals surface area contributed by atoms with Crippen LogP contribution in [0.5, 0.6) is 0 Å². The highest BCUT2D eigenvalue weighted by Gasteiger charge is 2.58. The monoisotopic (exact) mass is 1100 g/mol. The first-order valence-corrected chi connectivity index (χ1v) is 20.7. The smallest absolute Gasteiger partial charge is 0.303 e. The number of hydrogen-bond acceptors (Lipinski definition) is 19. The predicted molar refractivity (Wildman–Crippen MR) is 199 cm³/mol. The van der Waals surface area contributed by atoms with Crippen LogP contribution in [0.1, 0.15) is 41.5 Å². The molecule has 3 heterocycles. The molecule has 3 saturated heterocycles. The van der Waals surface area contributed by atoms with Crippen LogP contribution in [-0.4, -0.2) is 153 Å². The first-order valence-electron chi connectivity index (χ1n) is 16.1. The summed E-state index contributed by atoms with van der Waals surface area (Å²) < 4.78 is 70.5. The van der Waals surface area contributed by atoms with E-state index in [1.165, 1.54) is 7.11 Å². The quantitative estimate of drug-likeness (QED) is 0.110. The van der Waals surface area contributed by atoms with E-state index in [4.69, 9.17) is 56.8 Å². The molecular weight excluding hydrogens is 1060 g/mol. The van der Waals surface area contributed by atoms with Gasteiger partial charge in [0.15, 0.2) is 55.5 Å². The predicted octanol–water partition coefficient (Wildman–Crippen LogP) is 0.834. The van der Waals surface area contributed by atoms with Gasteiger partial charge >= 0.3 is 35.8 Å². The summed E-state index contributed by atoms with van der Waals surface area (Å²) in [5.74, 6) is -4.75. The number of alkyl halides is 3. The Morgan fingerprint density at radius 1 is 0.453 bits per heavy atom. The fraction of sp³-hybridized carbons (Fsp3) is 0.806. The van der Waals surface area contributed by atoms with Gasteiger partial charge in [-0.1, -0.05) is 67.8 Å². The van der Waals surface area contributed by atoms with Crippen LogP contribution in [0.4, 0.5) is 0 Å². The summed E-state index contributed by atoms with van der Waals surface area (Å²) in [5.41, 5.74) is 0. The Labute approximate surface area is 346 Å². The molecule has 0 unspecified atom stereocenters. The average Bonchev–Trinajstić information content (AvgIpc) is 3.06. The first-order chi connectivity index (χ1) is 24.9. The summed E-state index contributed by atoms with van der Waals surface area (Å²) in [6, 6.07) is 0. The van der Waals surface area contributed by atoms with Gasteiger partial charge in [0.25, 0.3) is 0 Å². The molecule has 0 aromatic carbocycles. The zero-order valence-electron chi connectivity index (χ0n) is 29.7. The number of ether oxygens (including phenoxy) is 12. The van der Waals surface area contributed by atoms with Crippen LogP contribution in [0.3, 0.4) is 0 Å². The van der Waals surface area contributed by atoms with E-state index in [1.807, 2.05) is 67.8 Å². The molecule has 19 nitrogen and oxygen atoms in total. The maximum absolute atomic E-state index is 12.6. The number of hydrogen-bond donors (Lipinski definition) is 1. The van der Waals surface area contributed by atoms with Gasteiger partial charge in [-0.25, -0.2) is 0 Å². The van der Waals surface area contributed by atoms with E-state index in [2.05, 4.69) is 0 Å². The van der Waals surface area contributed by atoms with Crippen molar-refractivity contribution in [1.82, 2.24) is 0 Å². The maximum Gasteiger partial charge on any atom is 0.303 e. The molecule has 1 N–H and O–H groups in total. The minimum absolute atomic E-state index is 0.121. The van der Waals surface area contributed by atoms with Crippen molar-refractivity contribution in [3.63, 3.8) is 0 Å². The van der Waals surface area contributed by atoms with Gasteiger partial charge in [-0.15, -0.1) is 0 Å². The zero-order chi connectivity index (χ0) is 39.7. The molecule has 3 aliphatic heterocycles. The highest BCUT2D eigenvalue weighted by Crippen LogP contribution is 2.38. The molecule has 3 fully saturated rings. The first kappa shape index (κ1) is 46.1. The molecule has 0 aliphatic carbocycles. The van der Waals surface area contributed by atoms with Crippen LogP contribution in [0, 0.1) is 0 Å². The number of esters is 6. The molecule has 0 bridgehead atoms. The third-order valence-corrected chi connectivity index (χ3v) is 10.5. The molecule has 0 radical (unpaired) electrons.